The normalized spacial score (nSPS) is 19.7. The molecule has 0 saturated heterocycles. The van der Waals surface area contributed by atoms with Gasteiger partial charge < -0.3 is 10.4 Å². The lowest BCUT2D eigenvalue weighted by atomic mass is 10.3. The molecule has 1 rings (SSSR count). The van der Waals surface area contributed by atoms with Crippen LogP contribution in [0.3, 0.4) is 0 Å². The fourth-order valence-electron chi connectivity index (χ4n) is 1.28. The van der Waals surface area contributed by atoms with E-state index in [-0.39, 0.29) is 10.9 Å². The standard InChI is InChI=1S/C10H14ClN3O2.C2H6/c1-5(13-3)4-7(12)14-9(15)6(2)8(11)10(14)16;1-2/h4,9,12-13,15H,1-3H3;1-2H3/b5-4-,12-7?;. The molecule has 0 bridgehead atoms. The van der Waals surface area contributed by atoms with Crippen molar-refractivity contribution in [3.63, 3.8) is 0 Å². The number of aliphatic hydroxyl groups is 1. The predicted octanol–water partition coefficient (Wildman–Crippen LogP) is 1.79. The summed E-state index contributed by atoms with van der Waals surface area (Å²) in [5.74, 6) is -0.642. The first kappa shape index (κ1) is 16.7. The van der Waals surface area contributed by atoms with Crippen molar-refractivity contribution in [3.8, 4) is 0 Å². The summed E-state index contributed by atoms with van der Waals surface area (Å²) in [5, 5.41) is 20.2. The predicted molar refractivity (Wildman–Crippen MR) is 73.3 cm³/mol. The van der Waals surface area contributed by atoms with Gasteiger partial charge >= 0.3 is 0 Å². The molecular formula is C12H20ClN3O2. The molecule has 1 heterocycles. The maximum Gasteiger partial charge on any atom is 0.273 e. The van der Waals surface area contributed by atoms with Crippen molar-refractivity contribution in [1.29, 1.82) is 5.41 Å². The number of allylic oxidation sites excluding steroid dienone is 1. The number of rotatable bonds is 2. The summed E-state index contributed by atoms with van der Waals surface area (Å²) in [5.41, 5.74) is 1.08. The van der Waals surface area contributed by atoms with E-state index >= 15 is 0 Å². The van der Waals surface area contributed by atoms with Crippen molar-refractivity contribution in [2.24, 2.45) is 0 Å². The molecule has 0 aromatic carbocycles. The van der Waals surface area contributed by atoms with Gasteiger partial charge in [-0.25, -0.2) is 0 Å². The van der Waals surface area contributed by atoms with Crippen LogP contribution in [0.25, 0.3) is 0 Å². The summed E-state index contributed by atoms with van der Waals surface area (Å²) >= 11 is 5.71. The Hall–Kier alpha value is -1.33. The van der Waals surface area contributed by atoms with Crippen molar-refractivity contribution in [1.82, 2.24) is 10.2 Å². The molecule has 5 nitrogen and oxygen atoms in total. The third kappa shape index (κ3) is 3.34. The molecule has 1 amide bonds. The number of carbonyl (C=O) groups is 1. The Labute approximate surface area is 113 Å². The molecule has 3 N–H and O–H groups in total. The topological polar surface area (TPSA) is 76.4 Å². The van der Waals surface area contributed by atoms with Crippen molar-refractivity contribution >= 4 is 23.3 Å². The second kappa shape index (κ2) is 7.18. The van der Waals surface area contributed by atoms with Crippen molar-refractivity contribution < 1.29 is 9.90 Å². The quantitative estimate of drug-likeness (QED) is 0.530. The lowest BCUT2D eigenvalue weighted by molar-refractivity contribution is -0.125. The van der Waals surface area contributed by atoms with Gasteiger partial charge in [-0.3, -0.25) is 15.1 Å². The number of carbonyl (C=O) groups excluding carboxylic acids is 1. The fraction of sp³-hybridized carbons (Fsp3) is 0.500. The van der Waals surface area contributed by atoms with Gasteiger partial charge in [-0.05, 0) is 19.9 Å². The molecule has 0 radical (unpaired) electrons. The summed E-state index contributed by atoms with van der Waals surface area (Å²) in [6.45, 7) is 7.32. The number of aliphatic hydroxyl groups excluding tert-OH is 1. The average molecular weight is 274 g/mol. The van der Waals surface area contributed by atoms with Gasteiger partial charge in [0.2, 0.25) is 0 Å². The molecule has 0 fully saturated rings. The molecule has 1 unspecified atom stereocenters. The SMILES string of the molecule is CC.CN/C(C)=C\C(=N)N1C(=O)C(Cl)=C(C)C1O. The first-order valence-corrected chi connectivity index (χ1v) is 6.10. The average Bonchev–Trinajstić information content (AvgIpc) is 2.56. The summed E-state index contributed by atoms with van der Waals surface area (Å²) in [4.78, 5) is 12.6. The summed E-state index contributed by atoms with van der Waals surface area (Å²) in [6.07, 6.45) is 0.303. The van der Waals surface area contributed by atoms with Crippen molar-refractivity contribution in [2.75, 3.05) is 7.05 Å². The van der Waals surface area contributed by atoms with Gasteiger partial charge in [0.1, 0.15) is 10.9 Å². The Kier molecular flexibility index (Phi) is 6.65. The first-order chi connectivity index (χ1) is 8.40. The van der Waals surface area contributed by atoms with Crippen LogP contribution in [-0.2, 0) is 4.79 Å². The molecule has 0 saturated carbocycles. The number of amidine groups is 1. The number of hydrogen-bond donors (Lipinski definition) is 3. The maximum atomic E-state index is 11.6. The van der Waals surface area contributed by atoms with Crippen LogP contribution in [-0.4, -0.2) is 35.0 Å². The van der Waals surface area contributed by atoms with Crippen molar-refractivity contribution in [2.45, 2.75) is 33.9 Å². The first-order valence-electron chi connectivity index (χ1n) is 5.72. The molecule has 0 spiro atoms. The minimum Gasteiger partial charge on any atom is -0.392 e. The van der Waals surface area contributed by atoms with Crippen LogP contribution >= 0.6 is 11.6 Å². The van der Waals surface area contributed by atoms with Crippen LogP contribution < -0.4 is 5.32 Å². The molecule has 1 aliphatic heterocycles. The highest BCUT2D eigenvalue weighted by Gasteiger charge is 2.36. The van der Waals surface area contributed by atoms with Crippen LogP contribution in [0.4, 0.5) is 0 Å². The summed E-state index contributed by atoms with van der Waals surface area (Å²) in [7, 11) is 1.71. The largest absolute Gasteiger partial charge is 0.392 e. The van der Waals surface area contributed by atoms with E-state index in [9.17, 15) is 9.90 Å². The highest BCUT2D eigenvalue weighted by molar-refractivity contribution is 6.44. The molecular weight excluding hydrogens is 254 g/mol. The number of nitrogens with zero attached hydrogens (tertiary/aromatic N) is 1. The van der Waals surface area contributed by atoms with Gasteiger partial charge in [0.05, 0.1) is 0 Å². The number of hydrogen-bond acceptors (Lipinski definition) is 4. The lowest BCUT2D eigenvalue weighted by Gasteiger charge is -2.20. The van der Waals surface area contributed by atoms with E-state index < -0.39 is 12.1 Å². The smallest absolute Gasteiger partial charge is 0.273 e. The van der Waals surface area contributed by atoms with E-state index in [1.54, 1.807) is 20.9 Å². The number of amides is 1. The van der Waals surface area contributed by atoms with Crippen LogP contribution in [0.5, 0.6) is 0 Å². The second-order valence-electron chi connectivity index (χ2n) is 3.51. The van der Waals surface area contributed by atoms with E-state index in [1.807, 2.05) is 13.8 Å². The Morgan fingerprint density at radius 3 is 2.39 bits per heavy atom. The molecule has 0 aromatic rings. The third-order valence-corrected chi connectivity index (χ3v) is 2.85. The highest BCUT2D eigenvalue weighted by Crippen LogP contribution is 2.27. The van der Waals surface area contributed by atoms with Gasteiger partial charge in [0.15, 0.2) is 6.23 Å². The molecule has 1 atom stereocenters. The van der Waals surface area contributed by atoms with Crippen molar-refractivity contribution in [3.05, 3.63) is 22.4 Å². The minimum atomic E-state index is -1.14. The zero-order valence-corrected chi connectivity index (χ0v) is 12.1. The van der Waals surface area contributed by atoms with Gasteiger partial charge in [-0.15, -0.1) is 0 Å². The summed E-state index contributed by atoms with van der Waals surface area (Å²) in [6, 6.07) is 0. The zero-order valence-electron chi connectivity index (χ0n) is 11.3. The molecule has 102 valence electrons. The van der Waals surface area contributed by atoms with Crippen LogP contribution in [0.1, 0.15) is 27.7 Å². The Morgan fingerprint density at radius 1 is 1.56 bits per heavy atom. The molecule has 0 aliphatic carbocycles. The van der Waals surface area contributed by atoms with E-state index in [2.05, 4.69) is 5.32 Å². The zero-order chi connectivity index (χ0) is 14.5. The van der Waals surface area contributed by atoms with E-state index in [1.165, 1.54) is 6.08 Å². The molecule has 18 heavy (non-hydrogen) atoms. The third-order valence-electron chi connectivity index (χ3n) is 2.39. The monoisotopic (exact) mass is 273 g/mol. The molecule has 1 aliphatic rings. The Bertz CT molecular complexity index is 402. The second-order valence-corrected chi connectivity index (χ2v) is 3.89. The van der Waals surface area contributed by atoms with Gasteiger partial charge in [0, 0.05) is 18.3 Å². The molecule has 6 heteroatoms. The van der Waals surface area contributed by atoms with E-state index in [4.69, 9.17) is 17.0 Å². The van der Waals surface area contributed by atoms with Gasteiger partial charge in [-0.2, -0.15) is 0 Å². The Balaban J connectivity index is 0.00000137. The molecule has 0 aromatic heterocycles. The lowest BCUT2D eigenvalue weighted by Crippen LogP contribution is -2.39. The van der Waals surface area contributed by atoms with Crippen LogP contribution in [0, 0.1) is 5.41 Å². The summed E-state index contributed by atoms with van der Waals surface area (Å²) < 4.78 is 0. The van der Waals surface area contributed by atoms with Crippen LogP contribution in [0.15, 0.2) is 22.4 Å². The minimum absolute atomic E-state index is 0.0206. The van der Waals surface area contributed by atoms with Crippen LogP contribution in [0.2, 0.25) is 0 Å². The van der Waals surface area contributed by atoms with Gasteiger partial charge in [-0.1, -0.05) is 25.4 Å². The number of halogens is 1. The maximum absolute atomic E-state index is 11.6. The Morgan fingerprint density at radius 2 is 2.06 bits per heavy atom. The van der Waals surface area contributed by atoms with Gasteiger partial charge in [0.25, 0.3) is 5.91 Å². The number of nitrogens with one attached hydrogen (secondary N) is 2. The van der Waals surface area contributed by atoms with E-state index in [0.717, 1.165) is 4.90 Å². The highest BCUT2D eigenvalue weighted by atomic mass is 35.5. The fourth-order valence-corrected chi connectivity index (χ4v) is 1.47. The van der Waals surface area contributed by atoms with E-state index in [0.29, 0.717) is 11.3 Å².